The molecule has 1 aliphatic heterocycles. The monoisotopic (exact) mass is 275 g/mol. The first kappa shape index (κ1) is 13.2. The average Bonchev–Trinajstić information content (AvgIpc) is 2.70. The van der Waals surface area contributed by atoms with Crippen molar-refractivity contribution in [3.63, 3.8) is 0 Å². The van der Waals surface area contributed by atoms with Gasteiger partial charge >= 0.3 is 18.2 Å². The summed E-state index contributed by atoms with van der Waals surface area (Å²) in [6, 6.07) is 2.79. The molecule has 8 heteroatoms. The largest absolute Gasteiger partial charge is 0.480 e. The second kappa shape index (κ2) is 4.45. The van der Waals surface area contributed by atoms with E-state index in [9.17, 15) is 22.8 Å². The molecule has 1 N–H and O–H groups in total. The summed E-state index contributed by atoms with van der Waals surface area (Å²) in [5.74, 6) is -1.43. The van der Waals surface area contributed by atoms with Crippen LogP contribution >= 0.6 is 0 Å². The number of aliphatic carboxylic acids is 1. The number of para-hydroxylation sites is 1. The number of hydrogen-bond acceptors (Lipinski definition) is 3. The molecule has 0 spiro atoms. The van der Waals surface area contributed by atoms with E-state index >= 15 is 0 Å². The van der Waals surface area contributed by atoms with Gasteiger partial charge in [-0.25, -0.2) is 9.59 Å². The highest BCUT2D eigenvalue weighted by molar-refractivity contribution is 5.98. The summed E-state index contributed by atoms with van der Waals surface area (Å²) in [7, 11) is 0. The highest BCUT2D eigenvalue weighted by Gasteiger charge is 2.44. The molecule has 19 heavy (non-hydrogen) atoms. The molecule has 0 aromatic heterocycles. The van der Waals surface area contributed by atoms with E-state index in [0.717, 1.165) is 18.2 Å². The number of nitrogens with zero attached hydrogens (tertiary/aromatic N) is 1. The van der Waals surface area contributed by atoms with E-state index in [1.165, 1.54) is 6.07 Å². The van der Waals surface area contributed by atoms with Crippen LogP contribution in [0.3, 0.4) is 0 Å². The van der Waals surface area contributed by atoms with E-state index in [4.69, 9.17) is 5.11 Å². The van der Waals surface area contributed by atoms with Crippen molar-refractivity contribution < 1.29 is 32.6 Å². The SMILES string of the molecule is O=C(O)C1COC(=O)N1c1ccccc1C(F)(F)F. The number of amides is 1. The fourth-order valence-electron chi connectivity index (χ4n) is 1.79. The number of rotatable bonds is 2. The molecule has 1 amide bonds. The smallest absolute Gasteiger partial charge is 0.418 e. The topological polar surface area (TPSA) is 66.8 Å². The van der Waals surface area contributed by atoms with Crippen molar-refractivity contribution in [1.29, 1.82) is 0 Å². The van der Waals surface area contributed by atoms with E-state index in [1.807, 2.05) is 0 Å². The lowest BCUT2D eigenvalue weighted by Crippen LogP contribution is -2.40. The zero-order chi connectivity index (χ0) is 14.2. The predicted octanol–water partition coefficient (Wildman–Crippen LogP) is 2.12. The quantitative estimate of drug-likeness (QED) is 0.897. The zero-order valence-corrected chi connectivity index (χ0v) is 9.35. The van der Waals surface area contributed by atoms with Crippen LogP contribution in [0, 0.1) is 0 Å². The number of carboxylic acid groups (broad SMARTS) is 1. The third kappa shape index (κ3) is 2.33. The first-order valence-electron chi connectivity index (χ1n) is 5.17. The molecular formula is C11H8F3NO4. The van der Waals surface area contributed by atoms with E-state index < -0.39 is 42.1 Å². The van der Waals surface area contributed by atoms with E-state index in [0.29, 0.717) is 4.90 Å². The summed E-state index contributed by atoms with van der Waals surface area (Å²) in [6.07, 6.45) is -5.80. The number of alkyl halides is 3. The lowest BCUT2D eigenvalue weighted by Gasteiger charge is -2.22. The van der Waals surface area contributed by atoms with Crippen molar-refractivity contribution in [2.75, 3.05) is 11.5 Å². The summed E-state index contributed by atoms with van der Waals surface area (Å²) in [6.45, 7) is -0.486. The summed E-state index contributed by atoms with van der Waals surface area (Å²) in [5, 5.41) is 8.90. The number of ether oxygens (including phenoxy) is 1. The van der Waals surface area contributed by atoms with E-state index in [2.05, 4.69) is 4.74 Å². The lowest BCUT2D eigenvalue weighted by atomic mass is 10.1. The molecule has 1 heterocycles. The third-order valence-corrected chi connectivity index (χ3v) is 2.63. The number of benzene rings is 1. The maximum Gasteiger partial charge on any atom is 0.418 e. The van der Waals surface area contributed by atoms with Gasteiger partial charge in [-0.15, -0.1) is 0 Å². The number of carbonyl (C=O) groups excluding carboxylic acids is 1. The van der Waals surface area contributed by atoms with Crippen LogP contribution in [0.2, 0.25) is 0 Å². The summed E-state index contributed by atoms with van der Waals surface area (Å²) in [5.41, 5.74) is -1.61. The van der Waals surface area contributed by atoms with Gasteiger partial charge in [0.05, 0.1) is 11.3 Å². The molecule has 0 saturated carbocycles. The molecule has 1 unspecified atom stereocenters. The molecule has 102 valence electrons. The van der Waals surface area contributed by atoms with Crippen LogP contribution < -0.4 is 4.90 Å². The molecular weight excluding hydrogens is 267 g/mol. The highest BCUT2D eigenvalue weighted by atomic mass is 19.4. The van der Waals surface area contributed by atoms with Crippen LogP contribution in [0.1, 0.15) is 5.56 Å². The van der Waals surface area contributed by atoms with Crippen molar-refractivity contribution in [3.8, 4) is 0 Å². The van der Waals surface area contributed by atoms with Crippen molar-refractivity contribution in [2.24, 2.45) is 0 Å². The van der Waals surface area contributed by atoms with Gasteiger partial charge in [0.1, 0.15) is 6.61 Å². The first-order chi connectivity index (χ1) is 8.82. The van der Waals surface area contributed by atoms with Gasteiger partial charge in [0, 0.05) is 0 Å². The number of carboxylic acids is 1. The summed E-state index contributed by atoms with van der Waals surface area (Å²) < 4.78 is 43.0. The van der Waals surface area contributed by atoms with E-state index in [-0.39, 0.29) is 0 Å². The Bertz CT molecular complexity index is 529. The molecule has 5 nitrogen and oxygen atoms in total. The Balaban J connectivity index is 2.52. The number of cyclic esters (lactones) is 1. The maximum absolute atomic E-state index is 12.8. The second-order valence-corrected chi connectivity index (χ2v) is 3.82. The van der Waals surface area contributed by atoms with Crippen LogP contribution in [0.25, 0.3) is 0 Å². The van der Waals surface area contributed by atoms with Crippen LogP contribution in [0.4, 0.5) is 23.7 Å². The lowest BCUT2D eigenvalue weighted by molar-refractivity contribution is -0.140. The molecule has 0 radical (unpaired) electrons. The van der Waals surface area contributed by atoms with Crippen molar-refractivity contribution in [3.05, 3.63) is 29.8 Å². The standard InChI is InChI=1S/C11H8F3NO4/c12-11(13,14)6-3-1-2-4-7(6)15-8(9(16)17)5-19-10(15)18/h1-4,8H,5H2,(H,16,17). The van der Waals surface area contributed by atoms with Gasteiger partial charge in [-0.2, -0.15) is 13.2 Å². The number of anilines is 1. The average molecular weight is 275 g/mol. The molecule has 0 bridgehead atoms. The molecule has 1 aromatic rings. The van der Waals surface area contributed by atoms with Gasteiger partial charge in [0.15, 0.2) is 6.04 Å². The van der Waals surface area contributed by atoms with Crippen LogP contribution in [0.5, 0.6) is 0 Å². The first-order valence-corrected chi connectivity index (χ1v) is 5.17. The Kier molecular flexibility index (Phi) is 3.09. The molecule has 1 fully saturated rings. The minimum atomic E-state index is -4.69. The number of hydrogen-bond donors (Lipinski definition) is 1. The second-order valence-electron chi connectivity index (χ2n) is 3.82. The van der Waals surface area contributed by atoms with E-state index in [1.54, 1.807) is 0 Å². The molecule has 1 saturated heterocycles. The number of halogens is 3. The maximum atomic E-state index is 12.8. The minimum Gasteiger partial charge on any atom is -0.480 e. The molecule has 1 aromatic carbocycles. The Labute approximate surface area is 105 Å². The fourth-order valence-corrected chi connectivity index (χ4v) is 1.79. The van der Waals surface area contributed by atoms with Crippen molar-refractivity contribution in [2.45, 2.75) is 12.2 Å². The zero-order valence-electron chi connectivity index (χ0n) is 9.35. The Morgan fingerprint density at radius 1 is 1.37 bits per heavy atom. The van der Waals surface area contributed by atoms with Gasteiger partial charge in [0.25, 0.3) is 0 Å². The summed E-state index contributed by atoms with van der Waals surface area (Å²) in [4.78, 5) is 22.9. The van der Waals surface area contributed by atoms with Crippen LogP contribution in [-0.4, -0.2) is 29.8 Å². The van der Waals surface area contributed by atoms with Gasteiger partial charge in [-0.3, -0.25) is 4.90 Å². The number of carbonyl (C=O) groups is 2. The van der Waals surface area contributed by atoms with Crippen molar-refractivity contribution in [1.82, 2.24) is 0 Å². The molecule has 1 atom stereocenters. The molecule has 1 aliphatic rings. The van der Waals surface area contributed by atoms with Crippen molar-refractivity contribution >= 4 is 17.7 Å². The van der Waals surface area contributed by atoms with Gasteiger partial charge in [0.2, 0.25) is 0 Å². The van der Waals surface area contributed by atoms with Gasteiger partial charge in [-0.1, -0.05) is 12.1 Å². The predicted molar refractivity (Wildman–Crippen MR) is 56.7 cm³/mol. The van der Waals surface area contributed by atoms with Crippen LogP contribution in [0.15, 0.2) is 24.3 Å². The Morgan fingerprint density at radius 3 is 2.58 bits per heavy atom. The van der Waals surface area contributed by atoms with Crippen LogP contribution in [-0.2, 0) is 15.7 Å². The summed E-state index contributed by atoms with van der Waals surface area (Å²) >= 11 is 0. The molecule has 2 rings (SSSR count). The highest BCUT2D eigenvalue weighted by Crippen LogP contribution is 2.38. The van der Waals surface area contributed by atoms with Gasteiger partial charge < -0.3 is 9.84 Å². The van der Waals surface area contributed by atoms with Gasteiger partial charge in [-0.05, 0) is 12.1 Å². The fraction of sp³-hybridized carbons (Fsp3) is 0.273. The normalized spacial score (nSPS) is 19.4. The Hall–Kier alpha value is -2.25. The third-order valence-electron chi connectivity index (χ3n) is 2.63. The Morgan fingerprint density at radius 2 is 2.00 bits per heavy atom. The minimum absolute atomic E-state index is 0.486. The molecule has 0 aliphatic carbocycles.